The van der Waals surface area contributed by atoms with Crippen molar-refractivity contribution in [2.75, 3.05) is 19.8 Å². The molecule has 0 aromatic heterocycles. The van der Waals surface area contributed by atoms with Crippen molar-refractivity contribution in [2.45, 2.75) is 69.7 Å². The lowest BCUT2D eigenvalue weighted by molar-refractivity contribution is -0.122. The molecule has 2 aliphatic rings. The normalized spacial score (nSPS) is 26.5. The molecule has 6 nitrogen and oxygen atoms in total. The fourth-order valence-corrected chi connectivity index (χ4v) is 4.85. The molecule has 2 aromatic carbocycles. The van der Waals surface area contributed by atoms with E-state index in [4.69, 9.17) is 9.47 Å². The molecule has 6 heteroatoms. The molecule has 3 N–H and O–H groups in total. The number of aliphatic hydroxyl groups is 1. The number of β-amino-alcohol motifs (C(OH)–C–C–N with tert-alkyl or cyclic N) is 1. The van der Waals surface area contributed by atoms with Crippen LogP contribution in [0, 0.1) is 0 Å². The molecule has 35 heavy (non-hydrogen) atoms. The van der Waals surface area contributed by atoms with Crippen LogP contribution in [0.4, 0.5) is 0 Å². The van der Waals surface area contributed by atoms with Crippen molar-refractivity contribution in [3.63, 3.8) is 0 Å². The summed E-state index contributed by atoms with van der Waals surface area (Å²) < 4.78 is 12.1. The molecule has 0 unspecified atom stereocenters. The maximum absolute atomic E-state index is 12.6. The van der Waals surface area contributed by atoms with Crippen molar-refractivity contribution in [1.29, 1.82) is 0 Å². The Kier molecular flexibility index (Phi) is 9.35. The summed E-state index contributed by atoms with van der Waals surface area (Å²) >= 11 is 0. The van der Waals surface area contributed by atoms with Gasteiger partial charge in [0, 0.05) is 19.0 Å². The molecule has 2 bridgehead atoms. The van der Waals surface area contributed by atoms with Crippen LogP contribution in [0.3, 0.4) is 0 Å². The van der Waals surface area contributed by atoms with Crippen LogP contribution in [0.5, 0.6) is 5.75 Å². The Morgan fingerprint density at radius 1 is 1.11 bits per heavy atom. The number of amides is 1. The van der Waals surface area contributed by atoms with E-state index in [2.05, 4.69) is 35.8 Å². The van der Waals surface area contributed by atoms with Crippen molar-refractivity contribution >= 4 is 5.91 Å². The summed E-state index contributed by atoms with van der Waals surface area (Å²) in [6.45, 7) is 3.69. The average molecular weight is 479 g/mol. The zero-order chi connectivity index (χ0) is 24.5. The standard InChI is InChI=1S/C29H38N2O4/c1-2-15-34-22-13-14-23-24(18-22)25-19-28(23)35-16-9-4-3-8-12-29(33)31-26(27(32)20-30-25)17-21-10-6-5-7-11-21/h4-7,9-11,13-14,18,25-28,30,32H,2-3,8,12,15-17,19-20H2,1H3,(H,31,33)/b9-4+/t25-,26-,27+,28+/m0/s1. The molecule has 0 fully saturated rings. The van der Waals surface area contributed by atoms with Crippen molar-refractivity contribution in [1.82, 2.24) is 10.6 Å². The number of allylic oxidation sites excluding steroid dienone is 1. The molecular weight excluding hydrogens is 440 g/mol. The third kappa shape index (κ3) is 7.17. The smallest absolute Gasteiger partial charge is 0.220 e. The number of nitrogens with one attached hydrogen (secondary N) is 2. The van der Waals surface area contributed by atoms with Gasteiger partial charge in [-0.05, 0) is 60.9 Å². The first-order valence-corrected chi connectivity index (χ1v) is 12.9. The average Bonchev–Trinajstić information content (AvgIpc) is 3.22. The van der Waals surface area contributed by atoms with Crippen LogP contribution >= 0.6 is 0 Å². The summed E-state index contributed by atoms with van der Waals surface area (Å²) in [5.74, 6) is 0.837. The van der Waals surface area contributed by atoms with E-state index in [0.717, 1.165) is 42.6 Å². The molecule has 0 spiro atoms. The maximum Gasteiger partial charge on any atom is 0.220 e. The monoisotopic (exact) mass is 478 g/mol. The highest BCUT2D eigenvalue weighted by molar-refractivity contribution is 5.76. The summed E-state index contributed by atoms with van der Waals surface area (Å²) in [7, 11) is 0. The van der Waals surface area contributed by atoms with Crippen molar-refractivity contribution in [3.8, 4) is 5.75 Å². The number of ether oxygens (including phenoxy) is 2. The SMILES string of the molecule is CCCOc1ccc2c(c1)[C@@H]1C[C@H]2OC/C=C/CCCC(=O)N[C@@H](Cc2ccccc2)[C@H](O)CN1. The molecule has 0 radical (unpaired) electrons. The molecule has 4 atom stereocenters. The van der Waals surface area contributed by atoms with Crippen LogP contribution < -0.4 is 15.4 Å². The lowest BCUT2D eigenvalue weighted by Crippen LogP contribution is -2.49. The van der Waals surface area contributed by atoms with Gasteiger partial charge in [-0.3, -0.25) is 4.79 Å². The first-order chi connectivity index (χ1) is 17.1. The van der Waals surface area contributed by atoms with Crippen LogP contribution in [0.15, 0.2) is 60.7 Å². The van der Waals surface area contributed by atoms with E-state index in [0.29, 0.717) is 32.6 Å². The quantitative estimate of drug-likeness (QED) is 0.555. The highest BCUT2D eigenvalue weighted by atomic mass is 16.5. The Morgan fingerprint density at radius 2 is 1.97 bits per heavy atom. The molecule has 1 heterocycles. The van der Waals surface area contributed by atoms with Crippen molar-refractivity contribution < 1.29 is 19.4 Å². The first-order valence-electron chi connectivity index (χ1n) is 12.9. The third-order valence-electron chi connectivity index (χ3n) is 6.72. The number of carbonyl (C=O) groups excluding carboxylic acids is 1. The fraction of sp³-hybridized carbons (Fsp3) is 0.483. The van der Waals surface area contributed by atoms with Gasteiger partial charge in [0.1, 0.15) is 5.75 Å². The Morgan fingerprint density at radius 3 is 2.80 bits per heavy atom. The first kappa shape index (κ1) is 25.4. The van der Waals surface area contributed by atoms with Gasteiger partial charge in [0.05, 0.1) is 31.5 Å². The Hall–Kier alpha value is -2.67. The molecule has 2 aromatic rings. The van der Waals surface area contributed by atoms with Gasteiger partial charge < -0.3 is 25.2 Å². The number of hydrogen-bond donors (Lipinski definition) is 3. The minimum atomic E-state index is -0.727. The van der Waals surface area contributed by atoms with Gasteiger partial charge in [0.2, 0.25) is 5.91 Å². The summed E-state index contributed by atoms with van der Waals surface area (Å²) in [5, 5.41) is 17.8. The molecular formula is C29H38N2O4. The van der Waals surface area contributed by atoms with Crippen LogP contribution in [0.25, 0.3) is 0 Å². The zero-order valence-electron chi connectivity index (χ0n) is 20.6. The molecule has 1 aliphatic heterocycles. The van der Waals surface area contributed by atoms with Crippen LogP contribution in [0.2, 0.25) is 0 Å². The topological polar surface area (TPSA) is 79.8 Å². The number of aliphatic hydroxyl groups excluding tert-OH is 1. The summed E-state index contributed by atoms with van der Waals surface area (Å²) in [5.41, 5.74) is 3.42. The van der Waals surface area contributed by atoms with E-state index >= 15 is 0 Å². The number of hydrogen-bond acceptors (Lipinski definition) is 5. The van der Waals surface area contributed by atoms with Gasteiger partial charge in [0.25, 0.3) is 0 Å². The van der Waals surface area contributed by atoms with Gasteiger partial charge in [-0.1, -0.05) is 55.5 Å². The molecule has 188 valence electrons. The van der Waals surface area contributed by atoms with Crippen LogP contribution in [-0.4, -0.2) is 42.9 Å². The second-order valence-electron chi connectivity index (χ2n) is 9.45. The van der Waals surface area contributed by atoms with Crippen LogP contribution in [-0.2, 0) is 16.0 Å². The predicted molar refractivity (Wildman–Crippen MR) is 137 cm³/mol. The highest BCUT2D eigenvalue weighted by Crippen LogP contribution is 2.42. The largest absolute Gasteiger partial charge is 0.494 e. The molecule has 4 rings (SSSR count). The maximum atomic E-state index is 12.6. The molecule has 0 saturated heterocycles. The predicted octanol–water partition coefficient (Wildman–Crippen LogP) is 4.40. The van der Waals surface area contributed by atoms with E-state index in [1.54, 1.807) is 0 Å². The van der Waals surface area contributed by atoms with E-state index in [1.165, 1.54) is 5.56 Å². The van der Waals surface area contributed by atoms with Gasteiger partial charge in [-0.15, -0.1) is 0 Å². The second kappa shape index (κ2) is 12.9. The van der Waals surface area contributed by atoms with Crippen LogP contribution in [0.1, 0.15) is 67.9 Å². The lowest BCUT2D eigenvalue weighted by atomic mass is 10.00. The molecule has 1 aliphatic carbocycles. The van der Waals surface area contributed by atoms with Crippen molar-refractivity contribution in [3.05, 3.63) is 77.4 Å². The molecule has 0 saturated carbocycles. The number of rotatable bonds is 5. The minimum absolute atomic E-state index is 0.00255. The lowest BCUT2D eigenvalue weighted by Gasteiger charge is -2.26. The Balaban J connectivity index is 1.53. The fourth-order valence-electron chi connectivity index (χ4n) is 4.85. The van der Waals surface area contributed by atoms with Gasteiger partial charge in [-0.2, -0.15) is 0 Å². The Bertz CT molecular complexity index is 978. The Labute approximate surface area is 208 Å². The summed E-state index contributed by atoms with van der Waals surface area (Å²) in [6, 6.07) is 15.9. The van der Waals surface area contributed by atoms with Crippen molar-refractivity contribution in [2.24, 2.45) is 0 Å². The summed E-state index contributed by atoms with van der Waals surface area (Å²) in [4.78, 5) is 12.6. The van der Waals surface area contributed by atoms with E-state index < -0.39 is 6.10 Å². The second-order valence-corrected chi connectivity index (χ2v) is 9.45. The number of benzene rings is 2. The van der Waals surface area contributed by atoms with Gasteiger partial charge in [0.15, 0.2) is 0 Å². The van der Waals surface area contributed by atoms with E-state index in [1.807, 2.05) is 42.5 Å². The van der Waals surface area contributed by atoms with Gasteiger partial charge >= 0.3 is 0 Å². The highest BCUT2D eigenvalue weighted by Gasteiger charge is 2.33. The molecule has 1 amide bonds. The van der Waals surface area contributed by atoms with E-state index in [-0.39, 0.29) is 24.1 Å². The number of carbonyl (C=O) groups is 1. The zero-order valence-corrected chi connectivity index (χ0v) is 20.6. The summed E-state index contributed by atoms with van der Waals surface area (Å²) in [6.07, 6.45) is 7.77. The van der Waals surface area contributed by atoms with E-state index in [9.17, 15) is 9.90 Å². The third-order valence-corrected chi connectivity index (χ3v) is 6.72. The minimum Gasteiger partial charge on any atom is -0.494 e. The number of fused-ring (bicyclic) bond motifs is 5. The van der Waals surface area contributed by atoms with Gasteiger partial charge in [-0.25, -0.2) is 0 Å².